The number of phenols is 4. The molecule has 0 atom stereocenters. The van der Waals surface area contributed by atoms with Crippen LogP contribution in [0.4, 0.5) is 0 Å². The van der Waals surface area contributed by atoms with Crippen LogP contribution in [0, 0.1) is 27.7 Å². The van der Waals surface area contributed by atoms with Gasteiger partial charge in [0.2, 0.25) is 0 Å². The first-order chi connectivity index (χ1) is 30.9. The standard InChI is InChI=1S/C60H56O4/c1-37-5-13-41(14-6-37)21-45-25-49-33-51-27-46(22-42-15-7-38(2)8-16-42)29-53(58(51)62)35-55-31-48(24-44-19-11-40(4)12-20-44)32-56(60(55)64)36-54-30-47(23-43-17-9-39(3)10-18-43)28-52(59(54)63)34-50(26-45)57(49)61/h5-20,25-32,61-64H,21-24,33-36H2,1-4H3. The molecule has 0 saturated heterocycles. The molecule has 0 aliphatic heterocycles. The van der Waals surface area contributed by atoms with Gasteiger partial charge in [0, 0.05) is 25.7 Å². The van der Waals surface area contributed by atoms with Gasteiger partial charge in [0.25, 0.3) is 0 Å². The van der Waals surface area contributed by atoms with Crippen LogP contribution in [0.1, 0.15) is 111 Å². The topological polar surface area (TPSA) is 80.9 Å². The van der Waals surface area contributed by atoms with Crippen molar-refractivity contribution < 1.29 is 20.4 Å². The molecule has 64 heavy (non-hydrogen) atoms. The third-order valence-corrected chi connectivity index (χ3v) is 12.9. The second kappa shape index (κ2) is 18.0. The lowest BCUT2D eigenvalue weighted by molar-refractivity contribution is 0.450. The van der Waals surface area contributed by atoms with Gasteiger partial charge in [-0.2, -0.15) is 0 Å². The van der Waals surface area contributed by atoms with Gasteiger partial charge in [-0.1, -0.05) is 168 Å². The van der Waals surface area contributed by atoms with Crippen molar-refractivity contribution in [2.24, 2.45) is 0 Å². The summed E-state index contributed by atoms with van der Waals surface area (Å²) in [7, 11) is 0. The Bertz CT molecular complexity index is 2470. The zero-order chi connectivity index (χ0) is 44.5. The van der Waals surface area contributed by atoms with Crippen LogP contribution in [-0.2, 0) is 51.4 Å². The second-order valence-electron chi connectivity index (χ2n) is 18.4. The maximum Gasteiger partial charge on any atom is 0.122 e. The highest BCUT2D eigenvalue weighted by molar-refractivity contribution is 5.58. The van der Waals surface area contributed by atoms with E-state index in [1.165, 1.54) is 22.3 Å². The highest BCUT2D eigenvalue weighted by atomic mass is 16.3. The summed E-state index contributed by atoms with van der Waals surface area (Å²) in [5.41, 5.74) is 19.3. The number of phenolic OH excluding ortho intramolecular Hbond substituents is 4. The Morgan fingerprint density at radius 3 is 0.562 bits per heavy atom. The molecule has 320 valence electrons. The molecular weight excluding hydrogens is 785 g/mol. The van der Waals surface area contributed by atoms with E-state index in [1.807, 2.05) is 0 Å². The number of hydrogen-bond acceptors (Lipinski definition) is 4. The Labute approximate surface area is 377 Å². The zero-order valence-corrected chi connectivity index (χ0v) is 37.3. The Kier molecular flexibility index (Phi) is 11.9. The van der Waals surface area contributed by atoms with Crippen LogP contribution >= 0.6 is 0 Å². The Balaban J connectivity index is 1.24. The minimum absolute atomic E-state index is 0.165. The van der Waals surface area contributed by atoms with Crippen molar-refractivity contribution in [3.05, 3.63) is 257 Å². The average molecular weight is 841 g/mol. The normalized spacial score (nSPS) is 12.3. The predicted molar refractivity (Wildman–Crippen MR) is 260 cm³/mol. The van der Waals surface area contributed by atoms with Gasteiger partial charge >= 0.3 is 0 Å². The molecular formula is C60H56O4. The molecule has 0 amide bonds. The van der Waals surface area contributed by atoms with Crippen LogP contribution in [0.15, 0.2) is 146 Å². The van der Waals surface area contributed by atoms with Crippen LogP contribution in [0.5, 0.6) is 23.0 Å². The van der Waals surface area contributed by atoms with Crippen LogP contribution in [-0.4, -0.2) is 20.4 Å². The fraction of sp³-hybridized carbons (Fsp3) is 0.200. The SMILES string of the molecule is Cc1ccc(Cc2cc3c(O)c(c2)Cc2cc(Cc4ccc(C)cc4)cc(c2O)Cc2cc(Cc4ccc(C)cc4)cc(c2O)Cc2cc(Cc4ccc(C)cc4)cc(c2O)C3)cc1. The largest absolute Gasteiger partial charge is 0.507 e. The Morgan fingerprint density at radius 1 is 0.250 bits per heavy atom. The van der Waals surface area contributed by atoms with E-state index in [-0.39, 0.29) is 48.7 Å². The molecule has 0 heterocycles. The first-order valence-electron chi connectivity index (χ1n) is 22.5. The van der Waals surface area contributed by atoms with E-state index in [9.17, 15) is 20.4 Å². The molecule has 4 N–H and O–H groups in total. The van der Waals surface area contributed by atoms with Gasteiger partial charge in [-0.25, -0.2) is 0 Å². The molecule has 1 aliphatic rings. The summed E-state index contributed by atoms with van der Waals surface area (Å²) in [4.78, 5) is 0. The maximum atomic E-state index is 12.3. The van der Waals surface area contributed by atoms with E-state index in [0.29, 0.717) is 70.2 Å². The molecule has 0 saturated carbocycles. The third kappa shape index (κ3) is 9.62. The minimum atomic E-state index is 0.165. The van der Waals surface area contributed by atoms with Crippen molar-refractivity contribution in [3.8, 4) is 23.0 Å². The Morgan fingerprint density at radius 2 is 0.406 bits per heavy atom. The van der Waals surface area contributed by atoms with E-state index in [0.717, 1.165) is 44.5 Å². The molecule has 8 bridgehead atoms. The van der Waals surface area contributed by atoms with Crippen molar-refractivity contribution in [3.63, 3.8) is 0 Å². The number of aryl methyl sites for hydroxylation is 4. The van der Waals surface area contributed by atoms with E-state index in [2.05, 4.69) is 173 Å². The third-order valence-electron chi connectivity index (χ3n) is 12.9. The molecule has 8 aromatic rings. The molecule has 9 rings (SSSR count). The summed E-state index contributed by atoms with van der Waals surface area (Å²) in [5.74, 6) is 0.660. The molecule has 0 aromatic heterocycles. The molecule has 0 spiro atoms. The van der Waals surface area contributed by atoms with Crippen LogP contribution in [0.25, 0.3) is 0 Å². The fourth-order valence-corrected chi connectivity index (χ4v) is 9.40. The van der Waals surface area contributed by atoms with E-state index >= 15 is 0 Å². The first-order valence-corrected chi connectivity index (χ1v) is 22.5. The van der Waals surface area contributed by atoms with E-state index in [4.69, 9.17) is 0 Å². The average Bonchev–Trinajstić information content (AvgIpc) is 3.27. The van der Waals surface area contributed by atoms with Gasteiger partial charge in [0.1, 0.15) is 23.0 Å². The number of aromatic hydroxyl groups is 4. The van der Waals surface area contributed by atoms with Gasteiger partial charge in [-0.05, 0) is 142 Å². The molecule has 1 aliphatic carbocycles. The highest BCUT2D eigenvalue weighted by Crippen LogP contribution is 2.40. The highest BCUT2D eigenvalue weighted by Gasteiger charge is 2.22. The summed E-state index contributed by atoms with van der Waals surface area (Å²) in [6, 6.07) is 50.7. The molecule has 0 radical (unpaired) electrons. The first kappa shape index (κ1) is 42.3. The van der Waals surface area contributed by atoms with Gasteiger partial charge in [-0.3, -0.25) is 0 Å². The summed E-state index contributed by atoms with van der Waals surface area (Å²) in [5, 5.41) is 49.2. The summed E-state index contributed by atoms with van der Waals surface area (Å²) < 4.78 is 0. The van der Waals surface area contributed by atoms with Crippen LogP contribution in [0.2, 0.25) is 0 Å². The monoisotopic (exact) mass is 840 g/mol. The maximum absolute atomic E-state index is 12.3. The smallest absolute Gasteiger partial charge is 0.122 e. The summed E-state index contributed by atoms with van der Waals surface area (Å²) in [6.45, 7) is 8.35. The number of benzene rings is 8. The lowest BCUT2D eigenvalue weighted by Crippen LogP contribution is -2.05. The van der Waals surface area contributed by atoms with Gasteiger partial charge in [-0.15, -0.1) is 0 Å². The van der Waals surface area contributed by atoms with Crippen LogP contribution < -0.4 is 0 Å². The van der Waals surface area contributed by atoms with E-state index < -0.39 is 0 Å². The quantitative estimate of drug-likeness (QED) is 0.123. The number of hydrogen-bond donors (Lipinski definition) is 4. The van der Waals surface area contributed by atoms with E-state index in [1.54, 1.807) is 0 Å². The fourth-order valence-electron chi connectivity index (χ4n) is 9.40. The predicted octanol–water partition coefficient (Wildman–Crippen LogP) is 12.8. The molecule has 0 unspecified atom stereocenters. The van der Waals surface area contributed by atoms with Crippen molar-refractivity contribution in [2.45, 2.75) is 79.1 Å². The summed E-state index contributed by atoms with van der Waals surface area (Å²) in [6.07, 6.45) is 3.80. The zero-order valence-electron chi connectivity index (χ0n) is 37.3. The lowest BCUT2D eigenvalue weighted by Gasteiger charge is -2.20. The second-order valence-corrected chi connectivity index (χ2v) is 18.4. The van der Waals surface area contributed by atoms with Gasteiger partial charge in [0.15, 0.2) is 0 Å². The molecule has 4 nitrogen and oxygen atoms in total. The molecule has 8 aromatic carbocycles. The Hall–Kier alpha value is -7.04. The van der Waals surface area contributed by atoms with Crippen LogP contribution in [0.3, 0.4) is 0 Å². The number of rotatable bonds is 8. The van der Waals surface area contributed by atoms with Crippen molar-refractivity contribution in [2.75, 3.05) is 0 Å². The minimum Gasteiger partial charge on any atom is -0.507 e. The summed E-state index contributed by atoms with van der Waals surface area (Å²) >= 11 is 0. The van der Waals surface area contributed by atoms with Crippen molar-refractivity contribution >= 4 is 0 Å². The lowest BCUT2D eigenvalue weighted by atomic mass is 9.86. The van der Waals surface area contributed by atoms with Gasteiger partial charge < -0.3 is 20.4 Å². The number of fused-ring (bicyclic) bond motifs is 8. The molecule has 4 heteroatoms. The van der Waals surface area contributed by atoms with Gasteiger partial charge in [0.05, 0.1) is 0 Å². The van der Waals surface area contributed by atoms with Crippen molar-refractivity contribution in [1.82, 2.24) is 0 Å². The van der Waals surface area contributed by atoms with Crippen molar-refractivity contribution in [1.29, 1.82) is 0 Å². The molecule has 0 fully saturated rings.